The Bertz CT molecular complexity index is 358. The molecule has 1 aromatic carbocycles. The van der Waals surface area contributed by atoms with Gasteiger partial charge < -0.3 is 15.1 Å². The van der Waals surface area contributed by atoms with Gasteiger partial charge in [-0.3, -0.25) is 0 Å². The second-order valence-corrected chi connectivity index (χ2v) is 3.99. The number of hydrazine groups is 1. The third-order valence-corrected chi connectivity index (χ3v) is 2.79. The van der Waals surface area contributed by atoms with Gasteiger partial charge in [0.25, 0.3) is 0 Å². The van der Waals surface area contributed by atoms with Crippen molar-refractivity contribution in [2.24, 2.45) is 0 Å². The summed E-state index contributed by atoms with van der Waals surface area (Å²) in [6.45, 7) is 8.62. The summed E-state index contributed by atoms with van der Waals surface area (Å²) in [6.07, 6.45) is 0. The first kappa shape index (κ1) is 14.5. The Morgan fingerprint density at radius 1 is 1.33 bits per heavy atom. The molecule has 100 valence electrons. The number of hydrogen-bond donors (Lipinski definition) is 2. The van der Waals surface area contributed by atoms with E-state index in [-0.39, 0.29) is 0 Å². The number of nitrogens with one attached hydrogen (secondary N) is 2. The van der Waals surface area contributed by atoms with E-state index in [4.69, 9.17) is 4.74 Å². The molecule has 0 atom stereocenters. The van der Waals surface area contributed by atoms with Gasteiger partial charge in [0.15, 0.2) is 0 Å². The molecule has 1 aromatic rings. The summed E-state index contributed by atoms with van der Waals surface area (Å²) in [6, 6.07) is 8.06. The third kappa shape index (κ3) is 4.39. The van der Waals surface area contributed by atoms with Crippen LogP contribution in [0.15, 0.2) is 36.5 Å². The van der Waals surface area contributed by atoms with Crippen LogP contribution in [-0.2, 0) is 6.54 Å². The maximum absolute atomic E-state index is 5.12. The van der Waals surface area contributed by atoms with Crippen molar-refractivity contribution in [3.05, 3.63) is 42.1 Å². The van der Waals surface area contributed by atoms with Crippen LogP contribution in [-0.4, -0.2) is 32.3 Å². The van der Waals surface area contributed by atoms with Crippen LogP contribution in [0.5, 0.6) is 5.75 Å². The highest BCUT2D eigenvalue weighted by molar-refractivity contribution is 5.27. The molecule has 0 radical (unpaired) electrons. The molecule has 0 spiro atoms. The molecule has 0 heterocycles. The Balaban J connectivity index is 2.34. The van der Waals surface area contributed by atoms with Crippen molar-refractivity contribution in [2.45, 2.75) is 13.5 Å². The molecule has 2 N–H and O–H groups in total. The van der Waals surface area contributed by atoms with Crippen molar-refractivity contribution < 1.29 is 4.74 Å². The third-order valence-electron chi connectivity index (χ3n) is 2.79. The lowest BCUT2D eigenvalue weighted by molar-refractivity contribution is 0.278. The molecule has 0 saturated heterocycles. The Kier molecular flexibility index (Phi) is 6.25. The van der Waals surface area contributed by atoms with Crippen LogP contribution < -0.4 is 15.5 Å². The van der Waals surface area contributed by atoms with E-state index in [9.17, 15) is 0 Å². The van der Waals surface area contributed by atoms with Gasteiger partial charge in [-0.25, -0.2) is 5.43 Å². The van der Waals surface area contributed by atoms with Crippen LogP contribution in [0.2, 0.25) is 0 Å². The molecule has 18 heavy (non-hydrogen) atoms. The largest absolute Gasteiger partial charge is 0.497 e. The lowest BCUT2D eigenvalue weighted by Gasteiger charge is -2.24. The molecule has 0 aliphatic carbocycles. The first-order chi connectivity index (χ1) is 8.71. The van der Waals surface area contributed by atoms with E-state index in [0.717, 1.165) is 31.1 Å². The number of benzene rings is 1. The zero-order valence-electron chi connectivity index (χ0n) is 11.5. The summed E-state index contributed by atoms with van der Waals surface area (Å²) in [5.41, 5.74) is 5.36. The standard InChI is InChI=1S/C14H23N3O/c1-5-17(15-3)12(2)10-16-11-13-6-8-14(18-4)9-7-13/h6-9,15-16H,2,5,10-11H2,1,3-4H3. The topological polar surface area (TPSA) is 36.5 Å². The Morgan fingerprint density at radius 2 is 2.00 bits per heavy atom. The van der Waals surface area contributed by atoms with E-state index in [1.807, 2.05) is 24.2 Å². The van der Waals surface area contributed by atoms with Crippen molar-refractivity contribution in [2.75, 3.05) is 27.2 Å². The fraction of sp³-hybridized carbons (Fsp3) is 0.429. The van der Waals surface area contributed by atoms with Crippen LogP contribution in [0.25, 0.3) is 0 Å². The first-order valence-electron chi connectivity index (χ1n) is 6.17. The highest BCUT2D eigenvalue weighted by atomic mass is 16.5. The quantitative estimate of drug-likeness (QED) is 0.688. The fourth-order valence-corrected chi connectivity index (χ4v) is 1.73. The van der Waals surface area contributed by atoms with Crippen LogP contribution in [0.3, 0.4) is 0 Å². The maximum atomic E-state index is 5.12. The van der Waals surface area contributed by atoms with Crippen LogP contribution in [0.4, 0.5) is 0 Å². The molecule has 0 bridgehead atoms. The number of hydrogen-bond acceptors (Lipinski definition) is 4. The number of likely N-dealkylation sites (N-methyl/N-ethyl adjacent to an activating group) is 1. The summed E-state index contributed by atoms with van der Waals surface area (Å²) < 4.78 is 5.12. The van der Waals surface area contributed by atoms with E-state index in [1.54, 1.807) is 7.11 Å². The molecule has 4 nitrogen and oxygen atoms in total. The molecular weight excluding hydrogens is 226 g/mol. The highest BCUT2D eigenvalue weighted by Crippen LogP contribution is 2.10. The number of ether oxygens (including phenoxy) is 1. The monoisotopic (exact) mass is 249 g/mol. The van der Waals surface area contributed by atoms with Gasteiger partial charge in [0.05, 0.1) is 7.11 Å². The normalized spacial score (nSPS) is 10.2. The predicted molar refractivity (Wildman–Crippen MR) is 75.3 cm³/mol. The molecule has 0 aromatic heterocycles. The van der Waals surface area contributed by atoms with Gasteiger partial charge >= 0.3 is 0 Å². The van der Waals surface area contributed by atoms with E-state index in [2.05, 4.69) is 36.4 Å². The lowest BCUT2D eigenvalue weighted by atomic mass is 10.2. The van der Waals surface area contributed by atoms with Gasteiger partial charge in [0.2, 0.25) is 0 Å². The Labute approximate surface area is 110 Å². The number of rotatable bonds is 8. The predicted octanol–water partition coefficient (Wildman–Crippen LogP) is 1.75. The van der Waals surface area contributed by atoms with Crippen LogP contribution in [0.1, 0.15) is 12.5 Å². The Morgan fingerprint density at radius 3 is 2.50 bits per heavy atom. The number of methoxy groups -OCH3 is 1. The minimum atomic E-state index is 0.765. The van der Waals surface area contributed by atoms with Crippen molar-refractivity contribution in [1.82, 2.24) is 15.8 Å². The molecule has 0 unspecified atom stereocenters. The molecule has 1 rings (SSSR count). The molecular formula is C14H23N3O. The van der Waals surface area contributed by atoms with Crippen molar-refractivity contribution in [1.29, 1.82) is 0 Å². The van der Waals surface area contributed by atoms with Crippen molar-refractivity contribution in [3.8, 4) is 5.75 Å². The van der Waals surface area contributed by atoms with Gasteiger partial charge in [-0.05, 0) is 24.6 Å². The van der Waals surface area contributed by atoms with E-state index in [1.165, 1.54) is 5.56 Å². The van der Waals surface area contributed by atoms with Gasteiger partial charge in [0, 0.05) is 32.4 Å². The molecule has 0 amide bonds. The van der Waals surface area contributed by atoms with E-state index < -0.39 is 0 Å². The summed E-state index contributed by atoms with van der Waals surface area (Å²) in [7, 11) is 3.58. The van der Waals surface area contributed by atoms with Gasteiger partial charge in [0.1, 0.15) is 5.75 Å². The minimum absolute atomic E-state index is 0.765. The van der Waals surface area contributed by atoms with Crippen molar-refractivity contribution >= 4 is 0 Å². The maximum Gasteiger partial charge on any atom is 0.118 e. The van der Waals surface area contributed by atoms with Gasteiger partial charge in [-0.15, -0.1) is 0 Å². The lowest BCUT2D eigenvalue weighted by Crippen LogP contribution is -2.37. The second kappa shape index (κ2) is 7.74. The SMILES string of the molecule is C=C(CNCc1ccc(OC)cc1)N(CC)NC. The summed E-state index contributed by atoms with van der Waals surface area (Å²) in [5, 5.41) is 5.38. The molecule has 0 saturated carbocycles. The van der Waals surface area contributed by atoms with E-state index in [0.29, 0.717) is 0 Å². The van der Waals surface area contributed by atoms with E-state index >= 15 is 0 Å². The smallest absolute Gasteiger partial charge is 0.118 e. The highest BCUT2D eigenvalue weighted by Gasteiger charge is 2.02. The molecule has 0 aliphatic rings. The molecule has 0 fully saturated rings. The Hall–Kier alpha value is -1.52. The second-order valence-electron chi connectivity index (χ2n) is 3.99. The zero-order valence-corrected chi connectivity index (χ0v) is 11.5. The van der Waals surface area contributed by atoms with Crippen LogP contribution in [0, 0.1) is 0 Å². The average Bonchev–Trinajstić information content (AvgIpc) is 2.41. The summed E-state index contributed by atoms with van der Waals surface area (Å²) >= 11 is 0. The van der Waals surface area contributed by atoms with Crippen molar-refractivity contribution in [3.63, 3.8) is 0 Å². The van der Waals surface area contributed by atoms with Gasteiger partial charge in [-0.1, -0.05) is 18.7 Å². The summed E-state index contributed by atoms with van der Waals surface area (Å²) in [5.74, 6) is 0.885. The molecule has 0 aliphatic heterocycles. The molecule has 4 heteroatoms. The van der Waals surface area contributed by atoms with Crippen LogP contribution >= 0.6 is 0 Å². The zero-order chi connectivity index (χ0) is 13.4. The minimum Gasteiger partial charge on any atom is -0.497 e. The number of nitrogens with zero attached hydrogens (tertiary/aromatic N) is 1. The summed E-state index contributed by atoms with van der Waals surface area (Å²) in [4.78, 5) is 0. The average molecular weight is 249 g/mol. The fourth-order valence-electron chi connectivity index (χ4n) is 1.73. The van der Waals surface area contributed by atoms with Gasteiger partial charge in [-0.2, -0.15) is 0 Å². The first-order valence-corrected chi connectivity index (χ1v) is 6.17.